The normalized spacial score (nSPS) is 9.45. The summed E-state index contributed by atoms with van der Waals surface area (Å²) in [6, 6.07) is 2.92. The van der Waals surface area contributed by atoms with Crippen molar-refractivity contribution in [2.24, 2.45) is 0 Å². The first kappa shape index (κ1) is 7.53. The molecule has 0 amide bonds. The smallest absolute Gasteiger partial charge is 0.339 e. The van der Waals surface area contributed by atoms with E-state index in [9.17, 15) is 9.59 Å². The van der Waals surface area contributed by atoms with E-state index in [0.29, 0.717) is 0 Å². The maximum absolute atomic E-state index is 10.7. The van der Waals surface area contributed by atoms with Crippen molar-refractivity contribution in [1.82, 2.24) is 0 Å². The summed E-state index contributed by atoms with van der Waals surface area (Å²) < 4.78 is 4.44. The van der Waals surface area contributed by atoms with Crippen molar-refractivity contribution in [2.75, 3.05) is 0 Å². The van der Waals surface area contributed by atoms with Crippen LogP contribution in [0.25, 0.3) is 0 Å². The fourth-order valence-corrected chi connectivity index (χ4v) is 0.694. The van der Waals surface area contributed by atoms with Crippen LogP contribution in [0.4, 0.5) is 0 Å². The number of carboxylic acid groups (broad SMARTS) is 1. The SMILES string of the molecule is O=C(O)Cc1cccoc1=O. The molecule has 0 saturated carbocycles. The van der Waals surface area contributed by atoms with Gasteiger partial charge < -0.3 is 9.52 Å². The number of rotatable bonds is 2. The fraction of sp³-hybridized carbons (Fsp3) is 0.143. The minimum absolute atomic E-state index is 0.167. The highest BCUT2D eigenvalue weighted by Crippen LogP contribution is 1.91. The predicted molar refractivity (Wildman–Crippen MR) is 36.3 cm³/mol. The van der Waals surface area contributed by atoms with Gasteiger partial charge in [0.1, 0.15) is 0 Å². The van der Waals surface area contributed by atoms with Crippen LogP contribution in [0.3, 0.4) is 0 Å². The molecule has 0 spiro atoms. The van der Waals surface area contributed by atoms with Crippen molar-refractivity contribution in [2.45, 2.75) is 6.42 Å². The van der Waals surface area contributed by atoms with Gasteiger partial charge in [-0.2, -0.15) is 0 Å². The molecule has 0 unspecified atom stereocenters. The van der Waals surface area contributed by atoms with Crippen molar-refractivity contribution >= 4 is 5.97 Å². The predicted octanol–water partition coefficient (Wildman–Crippen LogP) is 0.267. The Bertz CT molecular complexity index is 312. The molecule has 0 saturated heterocycles. The zero-order chi connectivity index (χ0) is 8.27. The molecule has 1 heterocycles. The van der Waals surface area contributed by atoms with E-state index >= 15 is 0 Å². The van der Waals surface area contributed by atoms with E-state index in [4.69, 9.17) is 5.11 Å². The third-order valence-corrected chi connectivity index (χ3v) is 1.15. The van der Waals surface area contributed by atoms with Crippen molar-refractivity contribution < 1.29 is 14.3 Å². The third kappa shape index (κ3) is 1.93. The van der Waals surface area contributed by atoms with Gasteiger partial charge in [0.15, 0.2) is 0 Å². The number of aliphatic carboxylic acids is 1. The van der Waals surface area contributed by atoms with Gasteiger partial charge in [0.2, 0.25) is 0 Å². The zero-order valence-electron chi connectivity index (χ0n) is 5.61. The lowest BCUT2D eigenvalue weighted by Crippen LogP contribution is -2.11. The van der Waals surface area contributed by atoms with E-state index in [2.05, 4.69) is 4.42 Å². The molecule has 0 atom stereocenters. The Kier molecular flexibility index (Phi) is 2.06. The summed E-state index contributed by atoms with van der Waals surface area (Å²) in [5.41, 5.74) is -0.421. The lowest BCUT2D eigenvalue weighted by molar-refractivity contribution is -0.136. The highest BCUT2D eigenvalue weighted by molar-refractivity contribution is 5.69. The Labute approximate surface area is 62.1 Å². The van der Waals surface area contributed by atoms with Gasteiger partial charge in [0.25, 0.3) is 0 Å². The van der Waals surface area contributed by atoms with Crippen LogP contribution in [0, 0.1) is 0 Å². The van der Waals surface area contributed by atoms with Crippen LogP contribution in [-0.2, 0) is 11.2 Å². The van der Waals surface area contributed by atoms with Gasteiger partial charge in [0, 0.05) is 5.56 Å². The monoisotopic (exact) mass is 154 g/mol. The second-order valence-corrected chi connectivity index (χ2v) is 2.00. The molecule has 4 nitrogen and oxygen atoms in total. The van der Waals surface area contributed by atoms with Gasteiger partial charge in [-0.05, 0) is 12.1 Å². The van der Waals surface area contributed by atoms with Crippen LogP contribution >= 0.6 is 0 Å². The molecule has 58 valence electrons. The van der Waals surface area contributed by atoms with Crippen LogP contribution < -0.4 is 5.63 Å². The number of hydrogen-bond acceptors (Lipinski definition) is 3. The lowest BCUT2D eigenvalue weighted by Gasteiger charge is -1.90. The van der Waals surface area contributed by atoms with Crippen molar-refractivity contribution in [3.8, 4) is 0 Å². The minimum Gasteiger partial charge on any atom is -0.481 e. The standard InChI is InChI=1S/C7H6O4/c8-6(9)4-5-2-1-3-11-7(5)10/h1-3H,4H2,(H,8,9). The van der Waals surface area contributed by atoms with E-state index in [1.54, 1.807) is 0 Å². The summed E-state index contributed by atoms with van der Waals surface area (Å²) in [6.07, 6.45) is 0.927. The molecule has 11 heavy (non-hydrogen) atoms. The first-order valence-electron chi connectivity index (χ1n) is 2.98. The second-order valence-electron chi connectivity index (χ2n) is 2.00. The molecule has 0 bridgehead atoms. The second kappa shape index (κ2) is 3.01. The topological polar surface area (TPSA) is 67.5 Å². The Balaban J connectivity index is 2.95. The van der Waals surface area contributed by atoms with Crippen LogP contribution in [-0.4, -0.2) is 11.1 Å². The van der Waals surface area contributed by atoms with E-state index in [1.165, 1.54) is 18.4 Å². The molecule has 1 aromatic rings. The van der Waals surface area contributed by atoms with Gasteiger partial charge in [-0.25, -0.2) is 4.79 Å². The minimum atomic E-state index is -1.04. The maximum Gasteiger partial charge on any atom is 0.339 e. The summed E-state index contributed by atoms with van der Waals surface area (Å²) in [6.45, 7) is 0. The van der Waals surface area contributed by atoms with Gasteiger partial charge in [-0.3, -0.25) is 4.79 Å². The molecule has 4 heteroatoms. The molecule has 0 radical (unpaired) electrons. The van der Waals surface area contributed by atoms with Gasteiger partial charge >= 0.3 is 11.6 Å². The average molecular weight is 154 g/mol. The first-order valence-corrected chi connectivity index (χ1v) is 2.98. The van der Waals surface area contributed by atoms with Crippen LogP contribution in [0.5, 0.6) is 0 Å². The fourth-order valence-electron chi connectivity index (χ4n) is 0.694. The molecular weight excluding hydrogens is 148 g/mol. The summed E-state index contributed by atoms with van der Waals surface area (Å²) in [5, 5.41) is 8.31. The summed E-state index contributed by atoms with van der Waals surface area (Å²) in [5.74, 6) is -1.04. The molecule has 0 aliphatic carbocycles. The number of hydrogen-bond donors (Lipinski definition) is 1. The van der Waals surface area contributed by atoms with Crippen LogP contribution in [0.1, 0.15) is 5.56 Å². The van der Waals surface area contributed by atoms with Crippen molar-refractivity contribution in [1.29, 1.82) is 0 Å². The Morgan fingerprint density at radius 3 is 2.91 bits per heavy atom. The van der Waals surface area contributed by atoms with Gasteiger partial charge in [-0.1, -0.05) is 0 Å². The number of carboxylic acids is 1. The van der Waals surface area contributed by atoms with E-state index < -0.39 is 11.6 Å². The molecule has 0 aromatic carbocycles. The molecular formula is C7H6O4. The van der Waals surface area contributed by atoms with Crippen molar-refractivity contribution in [3.05, 3.63) is 34.4 Å². The number of carbonyl (C=O) groups is 1. The molecule has 0 aliphatic rings. The average Bonchev–Trinajstić information content (AvgIpc) is 1.93. The van der Waals surface area contributed by atoms with E-state index in [0.717, 1.165) is 0 Å². The summed E-state index contributed by atoms with van der Waals surface area (Å²) >= 11 is 0. The highest BCUT2D eigenvalue weighted by Gasteiger charge is 2.04. The molecule has 1 N–H and O–H groups in total. The van der Waals surface area contributed by atoms with Gasteiger partial charge in [-0.15, -0.1) is 0 Å². The van der Waals surface area contributed by atoms with Crippen LogP contribution in [0.15, 0.2) is 27.6 Å². The molecule has 0 aliphatic heterocycles. The molecule has 0 fully saturated rings. The maximum atomic E-state index is 10.7. The quantitative estimate of drug-likeness (QED) is 0.663. The lowest BCUT2D eigenvalue weighted by atomic mass is 10.2. The third-order valence-electron chi connectivity index (χ3n) is 1.15. The Hall–Kier alpha value is -1.58. The molecule has 1 aromatic heterocycles. The Morgan fingerprint density at radius 2 is 2.36 bits per heavy atom. The molecule has 1 rings (SSSR count). The summed E-state index contributed by atoms with van der Waals surface area (Å²) in [4.78, 5) is 20.9. The largest absolute Gasteiger partial charge is 0.481 e. The Morgan fingerprint density at radius 1 is 1.64 bits per heavy atom. The van der Waals surface area contributed by atoms with E-state index in [-0.39, 0.29) is 12.0 Å². The zero-order valence-corrected chi connectivity index (χ0v) is 5.61. The highest BCUT2D eigenvalue weighted by atomic mass is 16.4. The van der Waals surface area contributed by atoms with Crippen LogP contribution in [0.2, 0.25) is 0 Å². The first-order chi connectivity index (χ1) is 5.20. The van der Waals surface area contributed by atoms with E-state index in [1.807, 2.05) is 0 Å². The van der Waals surface area contributed by atoms with Gasteiger partial charge in [0.05, 0.1) is 12.7 Å². The van der Waals surface area contributed by atoms with Crippen molar-refractivity contribution in [3.63, 3.8) is 0 Å². The summed E-state index contributed by atoms with van der Waals surface area (Å²) in [7, 11) is 0.